The smallest absolute Gasteiger partial charge is 0.337 e. The average molecular weight is 345 g/mol. The van der Waals surface area contributed by atoms with Crippen LogP contribution >= 0.6 is 0 Å². The lowest BCUT2D eigenvalue weighted by atomic mass is 10.1. The second-order valence-corrected chi connectivity index (χ2v) is 7.44. The molecule has 0 N–H and O–H groups in total. The molecular weight excluding hydrogens is 330 g/mol. The van der Waals surface area contributed by atoms with Crippen molar-refractivity contribution in [3.8, 4) is 0 Å². The highest BCUT2D eigenvalue weighted by Gasteiger charge is 2.45. The lowest BCUT2D eigenvalue weighted by Gasteiger charge is -2.24. The molecule has 2 aromatic rings. The van der Waals surface area contributed by atoms with E-state index in [-0.39, 0.29) is 5.56 Å². The number of para-hydroxylation sites is 1. The van der Waals surface area contributed by atoms with Gasteiger partial charge in [-0.05, 0) is 29.8 Å². The van der Waals surface area contributed by atoms with Crippen LogP contribution < -0.4 is 4.90 Å². The fraction of sp³-hybridized carbons (Fsp3) is 0.176. The number of ether oxygens (including phenoxy) is 1. The van der Waals surface area contributed by atoms with E-state index in [1.807, 2.05) is 0 Å². The Kier molecular flexibility index (Phi) is 4.11. The van der Waals surface area contributed by atoms with E-state index in [1.165, 1.54) is 24.1 Å². The number of sulfone groups is 1. The van der Waals surface area contributed by atoms with E-state index in [0.717, 1.165) is 0 Å². The van der Waals surface area contributed by atoms with Crippen molar-refractivity contribution >= 4 is 27.4 Å². The van der Waals surface area contributed by atoms with Crippen LogP contribution in [0.3, 0.4) is 0 Å². The highest BCUT2D eigenvalue weighted by atomic mass is 32.2. The van der Waals surface area contributed by atoms with Crippen LogP contribution in [0, 0.1) is 0 Å². The van der Waals surface area contributed by atoms with Gasteiger partial charge in [-0.1, -0.05) is 30.3 Å². The SMILES string of the molecule is COC(=O)c1cccc(C2N(c3ccccc3)C(=O)CS2(=O)=O)c1. The van der Waals surface area contributed by atoms with Crippen LogP contribution in [0.15, 0.2) is 54.6 Å². The van der Waals surface area contributed by atoms with Gasteiger partial charge < -0.3 is 4.74 Å². The van der Waals surface area contributed by atoms with Crippen LogP contribution in [0.4, 0.5) is 5.69 Å². The first-order valence-corrected chi connectivity index (χ1v) is 8.92. The summed E-state index contributed by atoms with van der Waals surface area (Å²) < 4.78 is 29.7. The van der Waals surface area contributed by atoms with Gasteiger partial charge in [-0.3, -0.25) is 9.69 Å². The molecule has 1 heterocycles. The van der Waals surface area contributed by atoms with Crippen LogP contribution in [0.25, 0.3) is 0 Å². The molecule has 1 aliphatic heterocycles. The highest BCUT2D eigenvalue weighted by molar-refractivity contribution is 7.93. The Balaban J connectivity index is 2.12. The van der Waals surface area contributed by atoms with Crippen LogP contribution in [-0.2, 0) is 19.4 Å². The Labute approximate surface area is 139 Å². The zero-order valence-corrected chi connectivity index (χ0v) is 13.7. The molecule has 0 aromatic heterocycles. The predicted octanol–water partition coefficient (Wildman–Crippen LogP) is 1.93. The van der Waals surface area contributed by atoms with E-state index in [1.54, 1.807) is 42.5 Å². The number of benzene rings is 2. The molecule has 1 aliphatic rings. The standard InChI is InChI=1S/C17H15NO5S/c1-23-17(20)13-7-5-6-12(10-13)16-18(14-8-3-2-4-9-14)15(19)11-24(16,21)22/h2-10,16H,11H2,1H3. The van der Waals surface area contributed by atoms with Gasteiger partial charge in [0.25, 0.3) is 0 Å². The summed E-state index contributed by atoms with van der Waals surface area (Å²) >= 11 is 0. The number of amides is 1. The van der Waals surface area contributed by atoms with Gasteiger partial charge in [-0.2, -0.15) is 0 Å². The molecule has 24 heavy (non-hydrogen) atoms. The number of methoxy groups -OCH3 is 1. The van der Waals surface area contributed by atoms with Crippen LogP contribution in [0.5, 0.6) is 0 Å². The number of rotatable bonds is 3. The van der Waals surface area contributed by atoms with Gasteiger partial charge in [-0.25, -0.2) is 13.2 Å². The average Bonchev–Trinajstić information content (AvgIpc) is 2.83. The van der Waals surface area contributed by atoms with Gasteiger partial charge in [0.1, 0.15) is 5.75 Å². The first kappa shape index (κ1) is 16.2. The fourth-order valence-corrected chi connectivity index (χ4v) is 4.54. The Morgan fingerprint density at radius 2 is 1.83 bits per heavy atom. The van der Waals surface area contributed by atoms with E-state index in [2.05, 4.69) is 4.74 Å². The van der Waals surface area contributed by atoms with Crippen LogP contribution in [0.2, 0.25) is 0 Å². The van der Waals surface area contributed by atoms with E-state index >= 15 is 0 Å². The number of hydrogen-bond acceptors (Lipinski definition) is 5. The maximum Gasteiger partial charge on any atom is 0.337 e. The lowest BCUT2D eigenvalue weighted by molar-refractivity contribution is -0.115. The predicted molar refractivity (Wildman–Crippen MR) is 88.2 cm³/mol. The zero-order chi connectivity index (χ0) is 17.3. The third-order valence-electron chi connectivity index (χ3n) is 3.80. The van der Waals surface area contributed by atoms with E-state index in [0.29, 0.717) is 11.3 Å². The van der Waals surface area contributed by atoms with Gasteiger partial charge in [0.05, 0.1) is 12.7 Å². The Bertz CT molecular complexity index is 892. The summed E-state index contributed by atoms with van der Waals surface area (Å²) in [6, 6.07) is 14.7. The molecule has 1 unspecified atom stereocenters. The van der Waals surface area contributed by atoms with Gasteiger partial charge in [0, 0.05) is 5.69 Å². The molecule has 0 spiro atoms. The molecule has 1 saturated heterocycles. The minimum atomic E-state index is -3.71. The van der Waals surface area contributed by atoms with Crippen molar-refractivity contribution in [2.75, 3.05) is 17.8 Å². The van der Waals surface area contributed by atoms with Crippen molar-refractivity contribution in [2.24, 2.45) is 0 Å². The van der Waals surface area contributed by atoms with Crippen molar-refractivity contribution in [1.29, 1.82) is 0 Å². The number of nitrogens with zero attached hydrogens (tertiary/aromatic N) is 1. The molecule has 0 radical (unpaired) electrons. The molecule has 0 aliphatic carbocycles. The minimum absolute atomic E-state index is 0.234. The number of carbonyl (C=O) groups excluding carboxylic acids is 2. The lowest BCUT2D eigenvalue weighted by Crippen LogP contribution is -2.29. The summed E-state index contributed by atoms with van der Waals surface area (Å²) in [5, 5.41) is -1.16. The third kappa shape index (κ3) is 2.78. The zero-order valence-electron chi connectivity index (χ0n) is 12.9. The Hall–Kier alpha value is -2.67. The molecule has 6 nitrogen and oxygen atoms in total. The molecule has 0 saturated carbocycles. The summed E-state index contributed by atoms with van der Waals surface area (Å²) in [7, 11) is -2.46. The van der Waals surface area contributed by atoms with E-state index in [4.69, 9.17) is 0 Å². The summed E-state index contributed by atoms with van der Waals surface area (Å²) in [6.07, 6.45) is 0. The van der Waals surface area contributed by atoms with Crippen molar-refractivity contribution in [3.63, 3.8) is 0 Å². The highest BCUT2D eigenvalue weighted by Crippen LogP contribution is 2.37. The van der Waals surface area contributed by atoms with Gasteiger partial charge in [0.2, 0.25) is 5.91 Å². The molecule has 3 rings (SSSR count). The molecule has 1 fully saturated rings. The number of hydrogen-bond donors (Lipinski definition) is 0. The topological polar surface area (TPSA) is 80.8 Å². The van der Waals surface area contributed by atoms with Crippen LogP contribution in [0.1, 0.15) is 21.3 Å². The summed E-state index contributed by atoms with van der Waals surface area (Å²) in [6.45, 7) is 0. The summed E-state index contributed by atoms with van der Waals surface area (Å²) in [5.41, 5.74) is 1.09. The summed E-state index contributed by atoms with van der Waals surface area (Å²) in [5.74, 6) is -1.62. The normalized spacial score (nSPS) is 19.3. The molecule has 0 bridgehead atoms. The summed E-state index contributed by atoms with van der Waals surface area (Å²) in [4.78, 5) is 25.3. The molecule has 124 valence electrons. The number of anilines is 1. The van der Waals surface area contributed by atoms with Gasteiger partial charge in [0.15, 0.2) is 15.2 Å². The first-order chi connectivity index (χ1) is 11.4. The molecular formula is C17H15NO5S. The Morgan fingerprint density at radius 3 is 2.50 bits per heavy atom. The van der Waals surface area contributed by atoms with E-state index in [9.17, 15) is 18.0 Å². The number of carbonyl (C=O) groups is 2. The van der Waals surface area contributed by atoms with E-state index < -0.39 is 32.8 Å². The van der Waals surface area contributed by atoms with Crippen molar-refractivity contribution in [2.45, 2.75) is 5.37 Å². The van der Waals surface area contributed by atoms with Gasteiger partial charge >= 0.3 is 5.97 Å². The second-order valence-electron chi connectivity index (χ2n) is 5.38. The Morgan fingerprint density at radius 1 is 1.12 bits per heavy atom. The maximum atomic E-state index is 12.5. The number of esters is 1. The molecule has 2 aromatic carbocycles. The molecule has 1 atom stereocenters. The first-order valence-electron chi connectivity index (χ1n) is 7.21. The monoisotopic (exact) mass is 345 g/mol. The minimum Gasteiger partial charge on any atom is -0.465 e. The van der Waals surface area contributed by atoms with Crippen LogP contribution in [-0.4, -0.2) is 33.2 Å². The largest absolute Gasteiger partial charge is 0.465 e. The van der Waals surface area contributed by atoms with Crippen molar-refractivity contribution in [1.82, 2.24) is 0 Å². The van der Waals surface area contributed by atoms with Crippen molar-refractivity contribution in [3.05, 3.63) is 65.7 Å². The molecule has 1 amide bonds. The van der Waals surface area contributed by atoms with Gasteiger partial charge in [-0.15, -0.1) is 0 Å². The van der Waals surface area contributed by atoms with Crippen molar-refractivity contribution < 1.29 is 22.7 Å². The fourth-order valence-electron chi connectivity index (χ4n) is 2.77. The second kappa shape index (κ2) is 6.09. The maximum absolute atomic E-state index is 12.5. The molecule has 7 heteroatoms. The quantitative estimate of drug-likeness (QED) is 0.794. The third-order valence-corrected chi connectivity index (χ3v) is 5.61.